The second-order valence-corrected chi connectivity index (χ2v) is 10.7. The van der Waals surface area contributed by atoms with Crippen LogP contribution in [0.25, 0.3) is 28.1 Å². The van der Waals surface area contributed by atoms with Gasteiger partial charge in [-0.2, -0.15) is 9.97 Å². The van der Waals surface area contributed by atoms with Crippen LogP contribution in [0, 0.1) is 5.92 Å². The lowest BCUT2D eigenvalue weighted by atomic mass is 9.83. The van der Waals surface area contributed by atoms with Gasteiger partial charge in [0.25, 0.3) is 5.91 Å². The number of aliphatic hydroxyl groups is 1. The zero-order chi connectivity index (χ0) is 26.4. The maximum Gasteiger partial charge on any atom is 0.289 e. The first-order valence-corrected chi connectivity index (χ1v) is 13.4. The summed E-state index contributed by atoms with van der Waals surface area (Å²) < 4.78 is 7.56. The van der Waals surface area contributed by atoms with Crippen LogP contribution in [0.2, 0.25) is 0 Å². The maximum atomic E-state index is 13.5. The molecule has 2 N–H and O–H groups in total. The predicted octanol–water partition coefficient (Wildman–Crippen LogP) is 2.71. The van der Waals surface area contributed by atoms with Gasteiger partial charge in [-0.25, -0.2) is 9.97 Å². The largest absolute Gasteiger partial charge is 0.390 e. The third-order valence-corrected chi connectivity index (χ3v) is 7.76. The van der Waals surface area contributed by atoms with E-state index in [0.717, 1.165) is 29.7 Å². The Labute approximate surface area is 220 Å². The van der Waals surface area contributed by atoms with Crippen LogP contribution in [-0.4, -0.2) is 90.4 Å². The fraction of sp³-hybridized carbons (Fsp3) is 0.519. The van der Waals surface area contributed by atoms with E-state index in [1.807, 2.05) is 42.7 Å². The van der Waals surface area contributed by atoms with E-state index in [0.29, 0.717) is 68.7 Å². The van der Waals surface area contributed by atoms with Crippen molar-refractivity contribution >= 4 is 33.9 Å². The van der Waals surface area contributed by atoms with Gasteiger partial charge in [0.15, 0.2) is 17.3 Å². The van der Waals surface area contributed by atoms with E-state index in [1.165, 1.54) is 0 Å². The van der Waals surface area contributed by atoms with Crippen molar-refractivity contribution in [3.8, 4) is 5.95 Å². The van der Waals surface area contributed by atoms with Gasteiger partial charge < -0.3 is 24.6 Å². The zero-order valence-electron chi connectivity index (χ0n) is 22.1. The molecule has 2 fully saturated rings. The number of ether oxygens (including phenoxy) is 1. The first-order valence-electron chi connectivity index (χ1n) is 13.4. The number of imidazole rings is 2. The van der Waals surface area contributed by atoms with Crippen LogP contribution in [0.4, 0.5) is 5.82 Å². The molecule has 0 spiro atoms. The molecule has 1 aromatic carbocycles. The van der Waals surface area contributed by atoms with E-state index in [9.17, 15) is 9.90 Å². The molecule has 1 amide bonds. The number of hydrogen-bond donors (Lipinski definition) is 2. The van der Waals surface area contributed by atoms with Crippen LogP contribution < -0.4 is 4.90 Å². The number of aryl methyl sites for hydroxylation is 1. The van der Waals surface area contributed by atoms with Crippen molar-refractivity contribution in [3.63, 3.8) is 0 Å². The number of likely N-dealkylation sites (tertiary alicyclic amines) is 1. The zero-order valence-corrected chi connectivity index (χ0v) is 22.1. The lowest BCUT2D eigenvalue weighted by molar-refractivity contribution is -0.0109. The number of fused-ring (bicyclic) bond motifs is 2. The molecule has 0 bridgehead atoms. The number of nitrogens with zero attached hydrogens (tertiary/aromatic N) is 7. The Hall–Kier alpha value is -3.57. The number of carbonyl (C=O) groups is 1. The molecule has 4 aromatic rings. The monoisotopic (exact) mass is 518 g/mol. The molecule has 0 unspecified atom stereocenters. The lowest BCUT2D eigenvalue weighted by Crippen LogP contribution is -2.44. The highest BCUT2D eigenvalue weighted by Crippen LogP contribution is 2.30. The smallest absolute Gasteiger partial charge is 0.289 e. The third kappa shape index (κ3) is 4.39. The molecule has 2 aliphatic rings. The summed E-state index contributed by atoms with van der Waals surface area (Å²) >= 11 is 0. The van der Waals surface area contributed by atoms with E-state index in [1.54, 1.807) is 4.90 Å². The first-order chi connectivity index (χ1) is 18.3. The number of benzene rings is 1. The Morgan fingerprint density at radius 3 is 2.53 bits per heavy atom. The Morgan fingerprint density at radius 2 is 1.82 bits per heavy atom. The van der Waals surface area contributed by atoms with Crippen molar-refractivity contribution in [1.29, 1.82) is 0 Å². The molecule has 0 radical (unpaired) electrons. The summed E-state index contributed by atoms with van der Waals surface area (Å²) in [6, 6.07) is 7.95. The molecule has 6 rings (SSSR count). The maximum absolute atomic E-state index is 13.5. The SMILES string of the molecule is CCc1nc2ccccc2n1-c1nc(N2CCOCC2)c2[nH]c(C(=O)N3CCC(C(C)(C)O)CC3)nc2n1. The number of morpholine rings is 1. The molecule has 0 aliphatic carbocycles. The molecule has 0 saturated carbocycles. The Morgan fingerprint density at radius 1 is 1.08 bits per heavy atom. The molecule has 38 heavy (non-hydrogen) atoms. The van der Waals surface area contributed by atoms with E-state index >= 15 is 0 Å². The summed E-state index contributed by atoms with van der Waals surface area (Å²) in [4.78, 5) is 40.0. The molecule has 2 aliphatic heterocycles. The molecule has 2 saturated heterocycles. The molecule has 5 heterocycles. The minimum Gasteiger partial charge on any atom is -0.390 e. The van der Waals surface area contributed by atoms with Gasteiger partial charge in [0.05, 0.1) is 29.8 Å². The van der Waals surface area contributed by atoms with E-state index in [-0.39, 0.29) is 17.6 Å². The summed E-state index contributed by atoms with van der Waals surface area (Å²) in [5, 5.41) is 10.4. The molecular formula is C27H34N8O3. The number of hydrogen-bond acceptors (Lipinski definition) is 8. The number of nitrogens with one attached hydrogen (secondary N) is 1. The predicted molar refractivity (Wildman–Crippen MR) is 144 cm³/mol. The van der Waals surface area contributed by atoms with Crippen LogP contribution in [0.1, 0.15) is 50.1 Å². The number of aromatic nitrogens is 6. The Kier molecular flexibility index (Phi) is 6.27. The van der Waals surface area contributed by atoms with Crippen molar-refractivity contribution in [3.05, 3.63) is 35.9 Å². The molecule has 11 heteroatoms. The number of carbonyl (C=O) groups excluding carboxylic acids is 1. The normalized spacial score (nSPS) is 17.6. The van der Waals surface area contributed by atoms with E-state index in [4.69, 9.17) is 19.7 Å². The lowest BCUT2D eigenvalue weighted by Gasteiger charge is -2.37. The van der Waals surface area contributed by atoms with Crippen LogP contribution in [0.3, 0.4) is 0 Å². The summed E-state index contributed by atoms with van der Waals surface area (Å²) in [7, 11) is 0. The number of piperidine rings is 1. The molecule has 3 aromatic heterocycles. The number of amides is 1. The van der Waals surface area contributed by atoms with Gasteiger partial charge in [-0.1, -0.05) is 19.1 Å². The van der Waals surface area contributed by atoms with Crippen molar-refractivity contribution in [2.75, 3.05) is 44.3 Å². The van der Waals surface area contributed by atoms with Gasteiger partial charge in [0, 0.05) is 32.6 Å². The number of rotatable bonds is 5. The van der Waals surface area contributed by atoms with Crippen LogP contribution in [0.15, 0.2) is 24.3 Å². The standard InChI is InChI=1S/C27H34N8O3/c1-4-20-28-18-7-5-6-8-19(18)35(20)26-31-22-21(24(32-26)33-13-15-38-16-14-33)29-23(30-22)25(36)34-11-9-17(10-12-34)27(2,3)37/h5-8,17,37H,4,9-16H2,1-3H3,(H,29,30,31,32). The minimum atomic E-state index is -0.748. The van der Waals surface area contributed by atoms with E-state index in [2.05, 4.69) is 21.8 Å². The molecule has 200 valence electrons. The third-order valence-electron chi connectivity index (χ3n) is 7.76. The van der Waals surface area contributed by atoms with Gasteiger partial charge in [0.1, 0.15) is 11.3 Å². The summed E-state index contributed by atoms with van der Waals surface area (Å²) in [6.07, 6.45) is 2.23. The quantitative estimate of drug-likeness (QED) is 0.413. The highest BCUT2D eigenvalue weighted by Gasteiger charge is 2.33. The summed E-state index contributed by atoms with van der Waals surface area (Å²) in [5.41, 5.74) is 2.16. The average Bonchev–Trinajstić information content (AvgIpc) is 3.53. The summed E-state index contributed by atoms with van der Waals surface area (Å²) in [5.74, 6) is 2.32. The van der Waals surface area contributed by atoms with Gasteiger partial charge in [0.2, 0.25) is 5.95 Å². The highest BCUT2D eigenvalue weighted by molar-refractivity contribution is 5.96. The second kappa shape index (κ2) is 9.63. The number of H-pyrrole nitrogens is 1. The van der Waals surface area contributed by atoms with Crippen molar-refractivity contribution in [2.45, 2.75) is 45.6 Å². The van der Waals surface area contributed by atoms with Crippen molar-refractivity contribution in [2.24, 2.45) is 5.92 Å². The fourth-order valence-corrected chi connectivity index (χ4v) is 5.55. The molecular weight excluding hydrogens is 484 g/mol. The van der Waals surface area contributed by atoms with Crippen LogP contribution in [-0.2, 0) is 11.2 Å². The topological polar surface area (TPSA) is 125 Å². The Balaban J connectivity index is 1.41. The first kappa shape index (κ1) is 24.7. The van der Waals surface area contributed by atoms with Gasteiger partial charge in [-0.05, 0) is 44.7 Å². The molecule has 11 nitrogen and oxygen atoms in total. The van der Waals surface area contributed by atoms with Gasteiger partial charge in [-0.3, -0.25) is 9.36 Å². The fourth-order valence-electron chi connectivity index (χ4n) is 5.55. The van der Waals surface area contributed by atoms with Crippen molar-refractivity contribution < 1.29 is 14.6 Å². The van der Waals surface area contributed by atoms with Crippen molar-refractivity contribution in [1.82, 2.24) is 34.4 Å². The second-order valence-electron chi connectivity index (χ2n) is 10.7. The highest BCUT2D eigenvalue weighted by atomic mass is 16.5. The average molecular weight is 519 g/mol. The minimum absolute atomic E-state index is 0.158. The van der Waals surface area contributed by atoms with Crippen LogP contribution in [0.5, 0.6) is 0 Å². The van der Waals surface area contributed by atoms with E-state index < -0.39 is 5.60 Å². The van der Waals surface area contributed by atoms with Crippen LogP contribution >= 0.6 is 0 Å². The summed E-state index contributed by atoms with van der Waals surface area (Å²) in [6.45, 7) is 9.48. The van der Waals surface area contributed by atoms with Gasteiger partial charge >= 0.3 is 0 Å². The number of anilines is 1. The number of para-hydroxylation sites is 2. The Bertz CT molecular complexity index is 1470. The van der Waals surface area contributed by atoms with Gasteiger partial charge in [-0.15, -0.1) is 0 Å². The number of aromatic amines is 1. The molecule has 0 atom stereocenters.